The van der Waals surface area contributed by atoms with E-state index < -0.39 is 0 Å². The summed E-state index contributed by atoms with van der Waals surface area (Å²) in [5, 5.41) is 11.5. The van der Waals surface area contributed by atoms with E-state index in [1.165, 1.54) is 0 Å². The van der Waals surface area contributed by atoms with Crippen molar-refractivity contribution in [1.29, 1.82) is 0 Å². The number of aliphatic hydroxyl groups excluding tert-OH is 1. The number of ether oxygens (including phenoxy) is 1. The quantitative estimate of drug-likeness (QED) is 0.325. The molecule has 0 saturated heterocycles. The summed E-state index contributed by atoms with van der Waals surface area (Å²) in [5.41, 5.74) is 5.54. The fraction of sp³-hybridized carbons (Fsp3) is 0.889. The predicted octanol–water partition coefficient (Wildman–Crippen LogP) is -0.302. The SMILES string of the molecule is CC(C)(C)NC(N)=NCCOCCO. The zero-order chi connectivity index (χ0) is 11.0. The Morgan fingerprint density at radius 2 is 2.07 bits per heavy atom. The van der Waals surface area contributed by atoms with E-state index in [0.29, 0.717) is 25.7 Å². The summed E-state index contributed by atoms with van der Waals surface area (Å²) in [4.78, 5) is 4.06. The normalized spacial score (nSPS) is 13.0. The first-order valence-electron chi connectivity index (χ1n) is 4.72. The van der Waals surface area contributed by atoms with Gasteiger partial charge in [-0.3, -0.25) is 4.99 Å². The first kappa shape index (κ1) is 13.2. The van der Waals surface area contributed by atoms with Crippen molar-refractivity contribution in [2.24, 2.45) is 10.7 Å². The maximum absolute atomic E-state index is 8.43. The average molecular weight is 203 g/mol. The van der Waals surface area contributed by atoms with Crippen LogP contribution in [0.15, 0.2) is 4.99 Å². The molecule has 0 fully saturated rings. The monoisotopic (exact) mass is 203 g/mol. The Bertz CT molecular complexity index is 175. The second-order valence-corrected chi connectivity index (χ2v) is 3.98. The van der Waals surface area contributed by atoms with Crippen LogP contribution in [0.5, 0.6) is 0 Å². The van der Waals surface area contributed by atoms with Gasteiger partial charge in [-0.15, -0.1) is 0 Å². The van der Waals surface area contributed by atoms with Crippen LogP contribution in [0.2, 0.25) is 0 Å². The lowest BCUT2D eigenvalue weighted by Gasteiger charge is -2.20. The molecule has 4 N–H and O–H groups in total. The van der Waals surface area contributed by atoms with Crippen molar-refractivity contribution >= 4 is 5.96 Å². The lowest BCUT2D eigenvalue weighted by Crippen LogP contribution is -2.45. The molecule has 0 aromatic heterocycles. The van der Waals surface area contributed by atoms with E-state index in [4.69, 9.17) is 15.6 Å². The van der Waals surface area contributed by atoms with Crippen LogP contribution in [0.25, 0.3) is 0 Å². The number of aliphatic imine (C=N–C) groups is 1. The smallest absolute Gasteiger partial charge is 0.189 e. The summed E-state index contributed by atoms with van der Waals surface area (Å²) in [7, 11) is 0. The highest BCUT2D eigenvalue weighted by Crippen LogP contribution is 1.96. The molecule has 0 bridgehead atoms. The minimum absolute atomic E-state index is 0.0411. The van der Waals surface area contributed by atoms with Crippen molar-refractivity contribution in [2.75, 3.05) is 26.4 Å². The zero-order valence-corrected chi connectivity index (χ0v) is 9.21. The number of rotatable bonds is 5. The highest BCUT2D eigenvalue weighted by molar-refractivity contribution is 5.78. The molecule has 0 rings (SSSR count). The first-order chi connectivity index (χ1) is 6.45. The van der Waals surface area contributed by atoms with Crippen molar-refractivity contribution < 1.29 is 9.84 Å². The Hall–Kier alpha value is -0.810. The lowest BCUT2D eigenvalue weighted by atomic mass is 10.1. The van der Waals surface area contributed by atoms with Crippen LogP contribution in [0.3, 0.4) is 0 Å². The van der Waals surface area contributed by atoms with Crippen molar-refractivity contribution in [2.45, 2.75) is 26.3 Å². The fourth-order valence-electron chi connectivity index (χ4n) is 0.821. The summed E-state index contributed by atoms with van der Waals surface area (Å²) >= 11 is 0. The van der Waals surface area contributed by atoms with Gasteiger partial charge in [-0.05, 0) is 20.8 Å². The third-order valence-corrected chi connectivity index (χ3v) is 1.26. The Morgan fingerprint density at radius 3 is 2.57 bits per heavy atom. The molecule has 5 nitrogen and oxygen atoms in total. The summed E-state index contributed by atoms with van der Waals surface area (Å²) in [6, 6.07) is 0. The Labute approximate surface area is 85.4 Å². The molecule has 0 aliphatic carbocycles. The number of hydrogen-bond acceptors (Lipinski definition) is 3. The third kappa shape index (κ3) is 9.28. The molecule has 5 heteroatoms. The molecule has 0 aliphatic heterocycles. The van der Waals surface area contributed by atoms with Gasteiger partial charge in [-0.1, -0.05) is 0 Å². The zero-order valence-electron chi connectivity index (χ0n) is 9.21. The molecule has 0 spiro atoms. The maximum atomic E-state index is 8.43. The summed E-state index contributed by atoms with van der Waals surface area (Å²) in [6.07, 6.45) is 0. The second-order valence-electron chi connectivity index (χ2n) is 3.98. The van der Waals surface area contributed by atoms with E-state index >= 15 is 0 Å². The van der Waals surface area contributed by atoms with E-state index in [1.807, 2.05) is 20.8 Å². The average Bonchev–Trinajstić information content (AvgIpc) is 2.00. The van der Waals surface area contributed by atoms with Gasteiger partial charge < -0.3 is 20.9 Å². The van der Waals surface area contributed by atoms with E-state index in [9.17, 15) is 0 Å². The number of nitrogens with zero attached hydrogens (tertiary/aromatic N) is 1. The van der Waals surface area contributed by atoms with Gasteiger partial charge in [-0.25, -0.2) is 0 Å². The topological polar surface area (TPSA) is 79.9 Å². The highest BCUT2D eigenvalue weighted by Gasteiger charge is 2.09. The minimum Gasteiger partial charge on any atom is -0.394 e. The molecular weight excluding hydrogens is 182 g/mol. The maximum Gasteiger partial charge on any atom is 0.189 e. The van der Waals surface area contributed by atoms with Crippen LogP contribution in [-0.2, 0) is 4.74 Å². The van der Waals surface area contributed by atoms with Gasteiger partial charge in [-0.2, -0.15) is 0 Å². The Balaban J connectivity index is 3.57. The van der Waals surface area contributed by atoms with Crippen LogP contribution >= 0.6 is 0 Å². The molecule has 0 radical (unpaired) electrons. The largest absolute Gasteiger partial charge is 0.394 e. The number of hydrogen-bond donors (Lipinski definition) is 3. The molecule has 0 unspecified atom stereocenters. The van der Waals surface area contributed by atoms with Gasteiger partial charge in [0.2, 0.25) is 0 Å². The van der Waals surface area contributed by atoms with Crippen LogP contribution in [0, 0.1) is 0 Å². The molecule has 84 valence electrons. The number of nitrogens with one attached hydrogen (secondary N) is 1. The summed E-state index contributed by atoms with van der Waals surface area (Å²) in [5.74, 6) is 0.421. The van der Waals surface area contributed by atoms with Gasteiger partial charge >= 0.3 is 0 Å². The van der Waals surface area contributed by atoms with Crippen LogP contribution in [0.1, 0.15) is 20.8 Å². The van der Waals surface area contributed by atoms with Crippen molar-refractivity contribution in [3.05, 3.63) is 0 Å². The number of nitrogens with two attached hydrogens (primary N) is 1. The second kappa shape index (κ2) is 6.62. The van der Waals surface area contributed by atoms with Crippen molar-refractivity contribution in [3.8, 4) is 0 Å². The Kier molecular flexibility index (Phi) is 6.23. The molecule has 14 heavy (non-hydrogen) atoms. The molecular formula is C9H21N3O2. The first-order valence-corrected chi connectivity index (χ1v) is 4.72. The molecule has 0 atom stereocenters. The predicted molar refractivity (Wildman–Crippen MR) is 57.3 cm³/mol. The molecule has 0 aliphatic rings. The third-order valence-electron chi connectivity index (χ3n) is 1.26. The van der Waals surface area contributed by atoms with E-state index in [0.717, 1.165) is 0 Å². The molecule has 0 aromatic rings. The number of guanidine groups is 1. The van der Waals surface area contributed by atoms with Crippen molar-refractivity contribution in [3.63, 3.8) is 0 Å². The molecule has 0 saturated carbocycles. The molecule has 0 amide bonds. The van der Waals surface area contributed by atoms with Gasteiger partial charge in [0.1, 0.15) is 0 Å². The van der Waals surface area contributed by atoms with Gasteiger partial charge in [0, 0.05) is 5.54 Å². The minimum atomic E-state index is -0.0699. The van der Waals surface area contributed by atoms with E-state index in [2.05, 4.69) is 10.3 Å². The highest BCUT2D eigenvalue weighted by atomic mass is 16.5. The Morgan fingerprint density at radius 1 is 1.43 bits per heavy atom. The van der Waals surface area contributed by atoms with Gasteiger partial charge in [0.05, 0.1) is 26.4 Å². The van der Waals surface area contributed by atoms with Crippen molar-refractivity contribution in [1.82, 2.24) is 5.32 Å². The molecule has 0 heterocycles. The molecule has 0 aromatic carbocycles. The van der Waals surface area contributed by atoms with E-state index in [-0.39, 0.29) is 12.1 Å². The van der Waals surface area contributed by atoms with Gasteiger partial charge in [0.15, 0.2) is 5.96 Å². The number of aliphatic hydroxyl groups is 1. The van der Waals surface area contributed by atoms with Crippen LogP contribution < -0.4 is 11.1 Å². The van der Waals surface area contributed by atoms with E-state index in [1.54, 1.807) is 0 Å². The standard InChI is InChI=1S/C9H21N3O2/c1-9(2,3)12-8(10)11-4-6-14-7-5-13/h13H,4-7H2,1-3H3,(H3,10,11,12). The fourth-order valence-corrected chi connectivity index (χ4v) is 0.821. The van der Waals surface area contributed by atoms with Gasteiger partial charge in [0.25, 0.3) is 0 Å². The van der Waals surface area contributed by atoms with Crippen LogP contribution in [0.4, 0.5) is 0 Å². The summed E-state index contributed by atoms with van der Waals surface area (Å²) < 4.78 is 5.02. The lowest BCUT2D eigenvalue weighted by molar-refractivity contribution is 0.0977. The van der Waals surface area contributed by atoms with Crippen LogP contribution in [-0.4, -0.2) is 43.0 Å². The summed E-state index contributed by atoms with van der Waals surface area (Å²) in [6.45, 7) is 7.41.